The van der Waals surface area contributed by atoms with E-state index in [1.54, 1.807) is 32.3 Å². The highest BCUT2D eigenvalue weighted by molar-refractivity contribution is 5.95. The van der Waals surface area contributed by atoms with Crippen molar-refractivity contribution in [1.82, 2.24) is 15.2 Å². The van der Waals surface area contributed by atoms with Crippen molar-refractivity contribution in [1.29, 1.82) is 0 Å². The number of carbonyl (C=O) groups excluding carboxylic acids is 3. The lowest BCUT2D eigenvalue weighted by Gasteiger charge is -2.31. The smallest absolute Gasteiger partial charge is 0.329 e. The number of esters is 1. The summed E-state index contributed by atoms with van der Waals surface area (Å²) in [6.07, 6.45) is 6.60. The zero-order valence-corrected chi connectivity index (χ0v) is 28.0. The summed E-state index contributed by atoms with van der Waals surface area (Å²) < 4.78 is 37.5. The number of halogens is 1. The van der Waals surface area contributed by atoms with E-state index < -0.39 is 36.3 Å². The number of carbonyl (C=O) groups is 3. The molecule has 0 spiro atoms. The first kappa shape index (κ1) is 36.5. The van der Waals surface area contributed by atoms with Gasteiger partial charge in [-0.25, -0.2) is 14.2 Å². The van der Waals surface area contributed by atoms with Crippen molar-refractivity contribution in [3.63, 3.8) is 0 Å². The number of cyclic esters (lactones) is 1. The van der Waals surface area contributed by atoms with Gasteiger partial charge in [-0.1, -0.05) is 55.9 Å². The lowest BCUT2D eigenvalue weighted by atomic mass is 9.93. The van der Waals surface area contributed by atoms with Crippen molar-refractivity contribution in [3.05, 3.63) is 83.6 Å². The highest BCUT2D eigenvalue weighted by Crippen LogP contribution is 2.26. The first-order chi connectivity index (χ1) is 23.0. The molecule has 0 aliphatic carbocycles. The molecule has 2 bridgehead atoms. The van der Waals surface area contributed by atoms with Gasteiger partial charge in [0.05, 0.1) is 32.8 Å². The molecule has 2 aromatic rings. The molecule has 1 aromatic heterocycles. The molecule has 3 heterocycles. The van der Waals surface area contributed by atoms with Gasteiger partial charge in [-0.2, -0.15) is 0 Å². The zero-order chi connectivity index (χ0) is 34.6. The molecule has 0 saturated carbocycles. The molecule has 6 atom stereocenters. The number of fused-ring (bicyclic) bond motifs is 3. The number of amides is 2. The zero-order valence-electron chi connectivity index (χ0n) is 28.0. The molecule has 1 aromatic carbocycles. The van der Waals surface area contributed by atoms with Gasteiger partial charge < -0.3 is 34.0 Å². The number of allylic oxidation sites excluding steroid dienone is 2. The Morgan fingerprint density at radius 3 is 2.71 bits per heavy atom. The fourth-order valence-electron chi connectivity index (χ4n) is 5.81. The summed E-state index contributed by atoms with van der Waals surface area (Å²) in [6, 6.07) is 6.68. The van der Waals surface area contributed by atoms with Crippen LogP contribution in [0, 0.1) is 11.8 Å². The van der Waals surface area contributed by atoms with Crippen LogP contribution in [0.5, 0.6) is 5.75 Å². The van der Waals surface area contributed by atoms with Gasteiger partial charge in [-0.05, 0) is 43.5 Å². The van der Waals surface area contributed by atoms with Crippen molar-refractivity contribution >= 4 is 17.8 Å². The number of hydrogen-bond acceptors (Lipinski definition) is 9. The molecule has 260 valence electrons. The average molecular weight is 668 g/mol. The number of nitrogens with one attached hydrogen (secondary N) is 1. The number of methoxy groups -OCH3 is 1. The summed E-state index contributed by atoms with van der Waals surface area (Å²) >= 11 is 0. The number of aliphatic hydroxyl groups excluding tert-OH is 1. The summed E-state index contributed by atoms with van der Waals surface area (Å²) in [7, 11) is 1.60. The van der Waals surface area contributed by atoms with Crippen LogP contribution in [0.25, 0.3) is 0 Å². The number of aromatic nitrogens is 1. The van der Waals surface area contributed by atoms with Gasteiger partial charge >= 0.3 is 5.97 Å². The molecule has 0 unspecified atom stereocenters. The Hall–Kier alpha value is -4.29. The lowest BCUT2D eigenvalue weighted by molar-refractivity contribution is -0.159. The Balaban J connectivity index is 1.53. The van der Waals surface area contributed by atoms with Gasteiger partial charge in [0.1, 0.15) is 30.3 Å². The molecule has 1 saturated heterocycles. The Morgan fingerprint density at radius 2 is 1.96 bits per heavy atom. The van der Waals surface area contributed by atoms with Crippen molar-refractivity contribution < 1.29 is 42.5 Å². The predicted octanol–water partition coefficient (Wildman–Crippen LogP) is 4.51. The van der Waals surface area contributed by atoms with E-state index in [1.165, 1.54) is 17.1 Å². The maximum atomic E-state index is 14.8. The number of nitrogens with zero attached hydrogens (tertiary/aromatic N) is 2. The second-order valence-electron chi connectivity index (χ2n) is 12.4. The van der Waals surface area contributed by atoms with E-state index in [2.05, 4.69) is 10.3 Å². The van der Waals surface area contributed by atoms with Crippen LogP contribution >= 0.6 is 0 Å². The summed E-state index contributed by atoms with van der Waals surface area (Å²) in [4.78, 5) is 45.3. The Kier molecular flexibility index (Phi) is 13.5. The molecule has 48 heavy (non-hydrogen) atoms. The quantitative estimate of drug-likeness (QED) is 0.426. The molecule has 2 amide bonds. The average Bonchev–Trinajstić information content (AvgIpc) is 3.74. The number of benzene rings is 1. The number of aliphatic hydroxyl groups is 1. The van der Waals surface area contributed by atoms with Gasteiger partial charge in [0, 0.05) is 31.3 Å². The molecular weight excluding hydrogens is 621 g/mol. The Bertz CT molecular complexity index is 1470. The summed E-state index contributed by atoms with van der Waals surface area (Å²) in [5.41, 5.74) is 1.62. The van der Waals surface area contributed by atoms with Gasteiger partial charge in [0.15, 0.2) is 11.6 Å². The third kappa shape index (κ3) is 10.6. The standard InChI is InChI=1S/C36H46FN3O8/c1-23-7-5-15-38-32(42)14-9-24(2)34(25(3)20-46-21-26-10-12-29(45-4)13-11-26)48-36(44)31-8-6-16-40(31)35(43)30-22-47-33(39-30)19-27(37)18-28(41)17-23/h5,7,9-14,17,22,24-25,27-28,31,34,41H,6,8,15-16,18-21H2,1-4H3,(H,38,42)/b7-5+,14-9+,23-17+/t24-,25+,27-,28-,31-,34+/m1/s1. The number of oxazole rings is 1. The van der Waals surface area contributed by atoms with Gasteiger partial charge in [-0.3, -0.25) is 9.59 Å². The van der Waals surface area contributed by atoms with E-state index in [4.69, 9.17) is 18.6 Å². The third-order valence-electron chi connectivity index (χ3n) is 8.37. The van der Waals surface area contributed by atoms with Crippen molar-refractivity contribution in [2.45, 2.75) is 77.5 Å². The fourth-order valence-corrected chi connectivity index (χ4v) is 5.81. The van der Waals surface area contributed by atoms with Crippen molar-refractivity contribution in [3.8, 4) is 5.75 Å². The van der Waals surface area contributed by atoms with E-state index >= 15 is 0 Å². The molecular formula is C36H46FN3O8. The van der Waals surface area contributed by atoms with E-state index in [0.717, 1.165) is 17.6 Å². The molecule has 2 aliphatic heterocycles. The van der Waals surface area contributed by atoms with Crippen LogP contribution in [0.15, 0.2) is 70.9 Å². The molecule has 0 radical (unpaired) electrons. The first-order valence-electron chi connectivity index (χ1n) is 16.3. The van der Waals surface area contributed by atoms with Crippen molar-refractivity contribution in [2.24, 2.45) is 11.8 Å². The maximum absolute atomic E-state index is 14.8. The van der Waals surface area contributed by atoms with Crippen LogP contribution in [0.3, 0.4) is 0 Å². The minimum Gasteiger partial charge on any atom is -0.497 e. The molecule has 4 rings (SSSR count). The SMILES string of the molecule is COc1ccc(COC[C@H](C)[C@H]2OC(=O)[C@H]3CCCN3C(=O)c3coc(n3)C[C@H](F)C[C@H](O)/C=C(C)/C=C/CNC(=O)/C=C/[C@H]2C)cc1. The summed E-state index contributed by atoms with van der Waals surface area (Å²) in [5.74, 6) is -1.29. The third-order valence-corrected chi connectivity index (χ3v) is 8.37. The fraction of sp³-hybridized carbons (Fsp3) is 0.500. The Labute approximate surface area is 280 Å². The van der Waals surface area contributed by atoms with Gasteiger partial charge in [0.25, 0.3) is 5.91 Å². The van der Waals surface area contributed by atoms with Crippen LogP contribution in [-0.2, 0) is 32.1 Å². The topological polar surface area (TPSA) is 140 Å². The van der Waals surface area contributed by atoms with Crippen LogP contribution in [0.4, 0.5) is 4.39 Å². The molecule has 2 N–H and O–H groups in total. The van der Waals surface area contributed by atoms with E-state index in [1.807, 2.05) is 38.1 Å². The number of alkyl halides is 1. The minimum atomic E-state index is -1.47. The van der Waals surface area contributed by atoms with E-state index in [-0.39, 0.29) is 55.3 Å². The second-order valence-corrected chi connectivity index (χ2v) is 12.4. The molecule has 11 nitrogen and oxygen atoms in total. The van der Waals surface area contributed by atoms with Gasteiger partial charge in [-0.15, -0.1) is 0 Å². The van der Waals surface area contributed by atoms with Gasteiger partial charge in [0.2, 0.25) is 5.91 Å². The number of ether oxygens (including phenoxy) is 3. The van der Waals surface area contributed by atoms with Crippen LogP contribution in [0.1, 0.15) is 62.0 Å². The minimum absolute atomic E-state index is 0.0234. The predicted molar refractivity (Wildman–Crippen MR) is 176 cm³/mol. The monoisotopic (exact) mass is 667 g/mol. The largest absolute Gasteiger partial charge is 0.497 e. The number of hydrogen-bond donors (Lipinski definition) is 2. The highest BCUT2D eigenvalue weighted by Gasteiger charge is 2.39. The summed E-state index contributed by atoms with van der Waals surface area (Å²) in [6.45, 7) is 6.69. The molecule has 12 heteroatoms. The lowest BCUT2D eigenvalue weighted by Crippen LogP contribution is -2.44. The maximum Gasteiger partial charge on any atom is 0.329 e. The number of rotatable bonds is 6. The molecule has 2 aliphatic rings. The van der Waals surface area contributed by atoms with E-state index in [0.29, 0.717) is 31.6 Å². The second kappa shape index (κ2) is 17.7. The highest BCUT2D eigenvalue weighted by atomic mass is 19.1. The van der Waals surface area contributed by atoms with E-state index in [9.17, 15) is 23.9 Å². The van der Waals surface area contributed by atoms with Crippen LogP contribution in [-0.4, -0.2) is 84.0 Å². The normalized spacial score (nSPS) is 28.0. The van der Waals surface area contributed by atoms with Crippen LogP contribution in [0.2, 0.25) is 0 Å². The molecule has 1 fully saturated rings. The first-order valence-corrected chi connectivity index (χ1v) is 16.3. The summed E-state index contributed by atoms with van der Waals surface area (Å²) in [5, 5.41) is 13.1. The van der Waals surface area contributed by atoms with Crippen molar-refractivity contribution in [2.75, 3.05) is 26.8 Å². The van der Waals surface area contributed by atoms with Crippen LogP contribution < -0.4 is 10.1 Å². The Morgan fingerprint density at radius 1 is 1.19 bits per heavy atom.